The fourth-order valence-electron chi connectivity index (χ4n) is 2.73. The zero-order valence-electron chi connectivity index (χ0n) is 13.8. The van der Waals surface area contributed by atoms with Crippen LogP contribution in [0.2, 0.25) is 0 Å². The predicted molar refractivity (Wildman–Crippen MR) is 93.0 cm³/mol. The van der Waals surface area contributed by atoms with Crippen molar-refractivity contribution in [2.45, 2.75) is 19.9 Å². The summed E-state index contributed by atoms with van der Waals surface area (Å²) < 4.78 is 0. The van der Waals surface area contributed by atoms with Gasteiger partial charge in [-0.1, -0.05) is 37.3 Å². The van der Waals surface area contributed by atoms with Gasteiger partial charge in [0.15, 0.2) is 5.96 Å². The van der Waals surface area contributed by atoms with Gasteiger partial charge in [0.1, 0.15) is 0 Å². The van der Waals surface area contributed by atoms with Crippen LogP contribution in [-0.4, -0.2) is 61.6 Å². The van der Waals surface area contributed by atoms with Crippen LogP contribution < -0.4 is 11.1 Å². The smallest absolute Gasteiger partial charge is 0.189 e. The number of nitrogens with one attached hydrogen (secondary N) is 1. The molecule has 1 saturated heterocycles. The Kier molecular flexibility index (Phi) is 6.68. The first kappa shape index (κ1) is 16.8. The maximum atomic E-state index is 5.98. The zero-order valence-corrected chi connectivity index (χ0v) is 13.8. The van der Waals surface area contributed by atoms with Crippen LogP contribution in [0.1, 0.15) is 25.5 Å². The van der Waals surface area contributed by atoms with Crippen LogP contribution in [0.4, 0.5) is 0 Å². The minimum atomic E-state index is 0.179. The van der Waals surface area contributed by atoms with Crippen molar-refractivity contribution in [3.8, 4) is 0 Å². The van der Waals surface area contributed by atoms with Gasteiger partial charge in [0, 0.05) is 32.7 Å². The average Bonchev–Trinajstić information content (AvgIpc) is 2.56. The van der Waals surface area contributed by atoms with Gasteiger partial charge in [-0.15, -0.1) is 0 Å². The molecule has 0 amide bonds. The molecule has 0 saturated carbocycles. The number of piperazine rings is 1. The van der Waals surface area contributed by atoms with Crippen LogP contribution in [0.5, 0.6) is 0 Å². The van der Waals surface area contributed by atoms with Gasteiger partial charge in [0.25, 0.3) is 0 Å². The van der Waals surface area contributed by atoms with Gasteiger partial charge >= 0.3 is 0 Å². The Labute approximate surface area is 134 Å². The van der Waals surface area contributed by atoms with Crippen molar-refractivity contribution in [2.75, 3.05) is 45.8 Å². The fourth-order valence-corrected chi connectivity index (χ4v) is 2.73. The number of rotatable bonds is 6. The second-order valence-electron chi connectivity index (χ2n) is 5.82. The van der Waals surface area contributed by atoms with Crippen LogP contribution in [0.15, 0.2) is 35.3 Å². The van der Waals surface area contributed by atoms with Gasteiger partial charge in [-0.25, -0.2) is 0 Å². The summed E-state index contributed by atoms with van der Waals surface area (Å²) in [6.07, 6.45) is 0. The Bertz CT molecular complexity index is 451. The highest BCUT2D eigenvalue weighted by atomic mass is 15.3. The van der Waals surface area contributed by atoms with E-state index in [9.17, 15) is 0 Å². The largest absolute Gasteiger partial charge is 0.370 e. The number of likely N-dealkylation sites (N-methyl/N-ethyl adjacent to an activating group) is 1. The first-order chi connectivity index (χ1) is 10.7. The van der Waals surface area contributed by atoms with Crippen LogP contribution in [-0.2, 0) is 0 Å². The molecular formula is C17H29N5. The first-order valence-corrected chi connectivity index (χ1v) is 8.25. The second-order valence-corrected chi connectivity index (χ2v) is 5.82. The van der Waals surface area contributed by atoms with E-state index < -0.39 is 0 Å². The lowest BCUT2D eigenvalue weighted by Crippen LogP contribution is -2.47. The summed E-state index contributed by atoms with van der Waals surface area (Å²) in [6.45, 7) is 11.8. The molecule has 1 fully saturated rings. The molecule has 0 spiro atoms. The maximum Gasteiger partial charge on any atom is 0.189 e. The molecule has 1 aromatic carbocycles. The van der Waals surface area contributed by atoms with Crippen LogP contribution in [0.25, 0.3) is 0 Å². The van der Waals surface area contributed by atoms with Crippen LogP contribution in [0.3, 0.4) is 0 Å². The molecule has 0 radical (unpaired) electrons. The Balaban J connectivity index is 1.69. The minimum Gasteiger partial charge on any atom is -0.370 e. The number of nitrogens with zero attached hydrogens (tertiary/aromatic N) is 3. The average molecular weight is 303 g/mol. The normalized spacial score (nSPS) is 19.1. The van der Waals surface area contributed by atoms with Crippen LogP contribution in [0, 0.1) is 0 Å². The summed E-state index contributed by atoms with van der Waals surface area (Å²) in [5, 5.41) is 3.25. The van der Waals surface area contributed by atoms with Crippen molar-refractivity contribution in [3.05, 3.63) is 35.9 Å². The topological polar surface area (TPSA) is 56.9 Å². The van der Waals surface area contributed by atoms with E-state index in [1.54, 1.807) is 0 Å². The molecule has 0 bridgehead atoms. The number of aliphatic imine (C=N–C) groups is 1. The Morgan fingerprint density at radius 2 is 1.82 bits per heavy atom. The third-order valence-electron chi connectivity index (χ3n) is 4.27. The van der Waals surface area contributed by atoms with Gasteiger partial charge < -0.3 is 16.0 Å². The van der Waals surface area contributed by atoms with E-state index in [2.05, 4.69) is 46.1 Å². The van der Waals surface area contributed by atoms with Gasteiger partial charge in [0.2, 0.25) is 0 Å². The molecule has 1 aromatic rings. The summed E-state index contributed by atoms with van der Waals surface area (Å²) in [5.74, 6) is 0.531. The van der Waals surface area contributed by atoms with E-state index in [0.29, 0.717) is 5.96 Å². The highest BCUT2D eigenvalue weighted by Gasteiger charge is 2.14. The quantitative estimate of drug-likeness (QED) is 0.614. The number of guanidine groups is 1. The molecular weight excluding hydrogens is 274 g/mol. The van der Waals surface area contributed by atoms with E-state index in [4.69, 9.17) is 5.73 Å². The summed E-state index contributed by atoms with van der Waals surface area (Å²) in [7, 11) is 0. The van der Waals surface area contributed by atoms with Crippen molar-refractivity contribution in [2.24, 2.45) is 10.7 Å². The summed E-state index contributed by atoms with van der Waals surface area (Å²) >= 11 is 0. The van der Waals surface area contributed by atoms with Gasteiger partial charge in [-0.05, 0) is 19.0 Å². The molecule has 5 nitrogen and oxygen atoms in total. The monoisotopic (exact) mass is 303 g/mol. The molecule has 3 N–H and O–H groups in total. The van der Waals surface area contributed by atoms with Gasteiger partial charge in [-0.3, -0.25) is 9.89 Å². The molecule has 1 aliphatic rings. The first-order valence-electron chi connectivity index (χ1n) is 8.25. The van der Waals surface area contributed by atoms with Crippen molar-refractivity contribution in [1.82, 2.24) is 15.1 Å². The number of nitrogens with two attached hydrogens (primary N) is 1. The fraction of sp³-hybridized carbons (Fsp3) is 0.588. The van der Waals surface area contributed by atoms with E-state index in [0.717, 1.165) is 32.7 Å². The molecule has 0 aliphatic carbocycles. The number of benzene rings is 1. The van der Waals surface area contributed by atoms with E-state index >= 15 is 0 Å². The molecule has 5 heteroatoms. The zero-order chi connectivity index (χ0) is 15.8. The Morgan fingerprint density at radius 1 is 1.18 bits per heavy atom. The number of hydrogen-bond acceptors (Lipinski definition) is 3. The van der Waals surface area contributed by atoms with Crippen molar-refractivity contribution >= 4 is 5.96 Å². The minimum absolute atomic E-state index is 0.179. The molecule has 1 unspecified atom stereocenters. The third kappa shape index (κ3) is 5.31. The lowest BCUT2D eigenvalue weighted by Gasteiger charge is -2.33. The standard InChI is InChI=1S/C17H29N5/c1-3-21-11-13-22(14-12-21)10-9-19-17(18)20-15(2)16-7-5-4-6-8-16/h4-8,15H,3,9-14H2,1-2H3,(H3,18,19,20). The molecule has 1 aliphatic heterocycles. The van der Waals surface area contributed by atoms with Gasteiger partial charge in [0.05, 0.1) is 12.6 Å². The van der Waals surface area contributed by atoms with E-state index in [1.165, 1.54) is 18.7 Å². The molecule has 2 rings (SSSR count). The third-order valence-corrected chi connectivity index (χ3v) is 4.27. The van der Waals surface area contributed by atoms with Crippen molar-refractivity contribution in [3.63, 3.8) is 0 Å². The maximum absolute atomic E-state index is 5.98. The summed E-state index contributed by atoms with van der Waals surface area (Å²) in [5.41, 5.74) is 7.20. The van der Waals surface area contributed by atoms with Gasteiger partial charge in [-0.2, -0.15) is 0 Å². The molecule has 1 atom stereocenters. The second kappa shape index (κ2) is 8.76. The molecule has 22 heavy (non-hydrogen) atoms. The van der Waals surface area contributed by atoms with Crippen LogP contribution >= 0.6 is 0 Å². The Morgan fingerprint density at radius 3 is 2.45 bits per heavy atom. The lowest BCUT2D eigenvalue weighted by molar-refractivity contribution is 0.140. The van der Waals surface area contributed by atoms with Crippen molar-refractivity contribution < 1.29 is 0 Å². The Hall–Kier alpha value is -1.59. The summed E-state index contributed by atoms with van der Waals surface area (Å²) in [6, 6.07) is 10.5. The highest BCUT2D eigenvalue weighted by molar-refractivity contribution is 5.78. The SMILES string of the molecule is CCN1CCN(CCN=C(N)NC(C)c2ccccc2)CC1. The molecule has 1 heterocycles. The highest BCUT2D eigenvalue weighted by Crippen LogP contribution is 2.10. The number of hydrogen-bond donors (Lipinski definition) is 2. The van der Waals surface area contributed by atoms with E-state index in [-0.39, 0.29) is 6.04 Å². The molecule has 122 valence electrons. The van der Waals surface area contributed by atoms with Crippen molar-refractivity contribution in [1.29, 1.82) is 0 Å². The molecule has 0 aromatic heterocycles. The lowest BCUT2D eigenvalue weighted by atomic mass is 10.1. The summed E-state index contributed by atoms with van der Waals surface area (Å²) in [4.78, 5) is 9.40. The van der Waals surface area contributed by atoms with E-state index in [1.807, 2.05) is 18.2 Å². The predicted octanol–water partition coefficient (Wildman–Crippen LogP) is 1.29.